The van der Waals surface area contributed by atoms with Crippen LogP contribution >= 0.6 is 11.6 Å². The van der Waals surface area contributed by atoms with E-state index < -0.39 is 0 Å². The molecule has 0 spiro atoms. The van der Waals surface area contributed by atoms with E-state index in [0.717, 1.165) is 0 Å². The van der Waals surface area contributed by atoms with Crippen molar-refractivity contribution in [1.82, 2.24) is 4.90 Å². The van der Waals surface area contributed by atoms with Crippen molar-refractivity contribution in [2.24, 2.45) is 0 Å². The van der Waals surface area contributed by atoms with Crippen molar-refractivity contribution in [1.29, 1.82) is 5.41 Å². The molecule has 0 aromatic carbocycles. The maximum Gasteiger partial charge on any atom is 0.106 e. The van der Waals surface area contributed by atoms with Crippen LogP contribution in [0, 0.1) is 5.41 Å². The van der Waals surface area contributed by atoms with Crippen LogP contribution in [0.25, 0.3) is 0 Å². The van der Waals surface area contributed by atoms with Crippen LogP contribution in [-0.2, 0) is 0 Å². The second-order valence-electron chi connectivity index (χ2n) is 1.85. The molecule has 2 nitrogen and oxygen atoms in total. The Morgan fingerprint density at radius 1 is 1.88 bits per heavy atom. The molecular formula is C5H7ClN2. The Morgan fingerprint density at radius 3 is 2.62 bits per heavy atom. The van der Waals surface area contributed by atoms with Gasteiger partial charge in [0.15, 0.2) is 0 Å². The molecule has 1 N–H and O–H groups in total. The van der Waals surface area contributed by atoms with Crippen molar-refractivity contribution < 1.29 is 0 Å². The van der Waals surface area contributed by atoms with Gasteiger partial charge >= 0.3 is 0 Å². The first kappa shape index (κ1) is 5.63. The smallest absolute Gasteiger partial charge is 0.106 e. The minimum absolute atomic E-state index is 0.581. The summed E-state index contributed by atoms with van der Waals surface area (Å²) in [5, 5.41) is 7.77. The highest BCUT2D eigenvalue weighted by molar-refractivity contribution is 6.32. The highest BCUT2D eigenvalue weighted by Crippen LogP contribution is 2.12. The van der Waals surface area contributed by atoms with E-state index in [1.807, 2.05) is 11.9 Å². The van der Waals surface area contributed by atoms with Crippen LogP contribution < -0.4 is 0 Å². The van der Waals surface area contributed by atoms with Crippen LogP contribution in [0.3, 0.4) is 0 Å². The van der Waals surface area contributed by atoms with Crippen molar-refractivity contribution in [3.05, 3.63) is 11.2 Å². The summed E-state index contributed by atoms with van der Waals surface area (Å²) in [6, 6.07) is 0. The fourth-order valence-electron chi connectivity index (χ4n) is 0.631. The van der Waals surface area contributed by atoms with Gasteiger partial charge in [-0.3, -0.25) is 0 Å². The predicted molar refractivity (Wildman–Crippen MR) is 34.3 cm³/mol. The zero-order valence-electron chi connectivity index (χ0n) is 4.61. The lowest BCUT2D eigenvalue weighted by atomic mass is 10.4. The zero-order chi connectivity index (χ0) is 6.15. The number of nitrogens with one attached hydrogen (secondary N) is 1. The van der Waals surface area contributed by atoms with E-state index in [0.29, 0.717) is 17.4 Å². The van der Waals surface area contributed by atoms with Gasteiger partial charge in [0.25, 0.3) is 0 Å². The van der Waals surface area contributed by atoms with E-state index >= 15 is 0 Å². The lowest BCUT2D eigenvalue weighted by Gasteiger charge is -2.07. The average Bonchev–Trinajstić information content (AvgIpc) is 1.85. The van der Waals surface area contributed by atoms with Crippen LogP contribution in [0.1, 0.15) is 0 Å². The lowest BCUT2D eigenvalue weighted by Crippen LogP contribution is -2.13. The predicted octanol–water partition coefficient (Wildman–Crippen LogP) is 1.03. The van der Waals surface area contributed by atoms with Crippen LogP contribution in [-0.4, -0.2) is 24.2 Å². The Morgan fingerprint density at radius 2 is 2.50 bits per heavy atom. The van der Waals surface area contributed by atoms with Crippen LogP contribution in [0.4, 0.5) is 0 Å². The highest BCUT2D eigenvalue weighted by Gasteiger charge is 2.10. The summed E-state index contributed by atoms with van der Waals surface area (Å²) < 4.78 is 0. The van der Waals surface area contributed by atoms with Crippen molar-refractivity contribution in [2.75, 3.05) is 13.6 Å². The number of hydrogen-bond acceptors (Lipinski definition) is 2. The molecule has 0 aromatic heterocycles. The summed E-state index contributed by atoms with van der Waals surface area (Å²) in [5.41, 5.74) is 0.581. The number of hydrogen-bond donors (Lipinski definition) is 1. The standard InChI is InChI=1S/C5H7ClN2/c1-8-3-4(7)2-5(8)6/h2,7H,3H2,1H3. The van der Waals surface area contributed by atoms with E-state index in [4.69, 9.17) is 17.0 Å². The first-order valence-electron chi connectivity index (χ1n) is 2.36. The van der Waals surface area contributed by atoms with E-state index in [1.54, 1.807) is 6.08 Å². The van der Waals surface area contributed by atoms with Gasteiger partial charge < -0.3 is 10.3 Å². The minimum Gasteiger partial charge on any atom is -0.359 e. The quantitative estimate of drug-likeness (QED) is 0.488. The SMILES string of the molecule is CN1CC(=N)C=C1Cl. The average molecular weight is 131 g/mol. The third-order valence-electron chi connectivity index (χ3n) is 1.07. The van der Waals surface area contributed by atoms with Crippen LogP contribution in [0.2, 0.25) is 0 Å². The molecule has 0 aliphatic carbocycles. The third kappa shape index (κ3) is 0.842. The second kappa shape index (κ2) is 1.78. The Balaban J connectivity index is 2.73. The Kier molecular flexibility index (Phi) is 1.26. The molecule has 0 bridgehead atoms. The lowest BCUT2D eigenvalue weighted by molar-refractivity contribution is 0.524. The largest absolute Gasteiger partial charge is 0.359 e. The molecule has 0 fully saturated rings. The van der Waals surface area contributed by atoms with Crippen molar-refractivity contribution in [2.45, 2.75) is 0 Å². The molecule has 8 heavy (non-hydrogen) atoms. The summed E-state index contributed by atoms with van der Waals surface area (Å²) in [5.74, 6) is 0. The molecule has 0 unspecified atom stereocenters. The molecule has 1 rings (SSSR count). The van der Waals surface area contributed by atoms with E-state index in [9.17, 15) is 0 Å². The van der Waals surface area contributed by atoms with Gasteiger partial charge in [-0.15, -0.1) is 0 Å². The first-order valence-corrected chi connectivity index (χ1v) is 2.73. The molecule has 0 atom stereocenters. The van der Waals surface area contributed by atoms with E-state index in [2.05, 4.69) is 0 Å². The molecule has 0 saturated carbocycles. The van der Waals surface area contributed by atoms with Gasteiger partial charge in [-0.1, -0.05) is 11.6 Å². The van der Waals surface area contributed by atoms with Gasteiger partial charge in [-0.2, -0.15) is 0 Å². The normalized spacial score (nSPS) is 19.5. The minimum atomic E-state index is 0.581. The molecule has 0 radical (unpaired) electrons. The molecule has 0 aromatic rings. The topological polar surface area (TPSA) is 27.1 Å². The third-order valence-corrected chi connectivity index (χ3v) is 1.46. The Hall–Kier alpha value is -0.500. The van der Waals surface area contributed by atoms with E-state index in [-0.39, 0.29) is 0 Å². The monoisotopic (exact) mass is 130 g/mol. The molecule has 0 saturated heterocycles. The molecule has 0 amide bonds. The maximum absolute atomic E-state index is 7.11. The van der Waals surface area contributed by atoms with Crippen molar-refractivity contribution >= 4 is 17.3 Å². The van der Waals surface area contributed by atoms with Crippen LogP contribution in [0.15, 0.2) is 11.2 Å². The fourth-order valence-corrected chi connectivity index (χ4v) is 0.822. The highest BCUT2D eigenvalue weighted by atomic mass is 35.5. The maximum atomic E-state index is 7.11. The van der Waals surface area contributed by atoms with E-state index in [1.165, 1.54) is 0 Å². The van der Waals surface area contributed by atoms with Gasteiger partial charge in [0.05, 0.1) is 12.3 Å². The first-order chi connectivity index (χ1) is 3.70. The number of halogens is 1. The van der Waals surface area contributed by atoms with Crippen molar-refractivity contribution in [3.63, 3.8) is 0 Å². The molecule has 3 heteroatoms. The molecule has 44 valence electrons. The van der Waals surface area contributed by atoms with Gasteiger partial charge in [0.2, 0.25) is 0 Å². The summed E-state index contributed by atoms with van der Waals surface area (Å²) in [6.45, 7) is 0.652. The van der Waals surface area contributed by atoms with Gasteiger partial charge in [-0.25, -0.2) is 0 Å². The summed E-state index contributed by atoms with van der Waals surface area (Å²) in [7, 11) is 1.86. The molecule has 1 heterocycles. The molecular weight excluding hydrogens is 124 g/mol. The van der Waals surface area contributed by atoms with Gasteiger partial charge in [-0.05, 0) is 6.08 Å². The van der Waals surface area contributed by atoms with Crippen LogP contribution in [0.5, 0.6) is 0 Å². The Labute approximate surface area is 53.3 Å². The summed E-state index contributed by atoms with van der Waals surface area (Å²) >= 11 is 5.60. The molecule has 1 aliphatic rings. The number of nitrogens with zero attached hydrogens (tertiary/aromatic N) is 1. The number of rotatable bonds is 0. The van der Waals surface area contributed by atoms with Gasteiger partial charge in [0.1, 0.15) is 5.16 Å². The zero-order valence-corrected chi connectivity index (χ0v) is 5.37. The van der Waals surface area contributed by atoms with Crippen molar-refractivity contribution in [3.8, 4) is 0 Å². The second-order valence-corrected chi connectivity index (χ2v) is 2.24. The summed E-state index contributed by atoms with van der Waals surface area (Å²) in [6.07, 6.45) is 1.65. The Bertz CT molecular complexity index is 151. The van der Waals surface area contributed by atoms with Gasteiger partial charge in [0, 0.05) is 7.05 Å². The molecule has 1 aliphatic heterocycles. The summed E-state index contributed by atoms with van der Waals surface area (Å²) in [4.78, 5) is 1.82. The fraction of sp³-hybridized carbons (Fsp3) is 0.400.